The van der Waals surface area contributed by atoms with Crippen LogP contribution in [0.5, 0.6) is 5.75 Å². The lowest BCUT2D eigenvalue weighted by molar-refractivity contribution is 0.419. The molecule has 1 aromatic heterocycles. The number of fused-ring (bicyclic) bond motifs is 1. The Bertz CT molecular complexity index is 955. The normalized spacial score (nSPS) is 11.8. The van der Waals surface area contributed by atoms with Crippen molar-refractivity contribution in [3.05, 3.63) is 65.4 Å². The van der Waals surface area contributed by atoms with Crippen molar-refractivity contribution in [2.45, 2.75) is 26.8 Å². The Balaban J connectivity index is 1.79. The van der Waals surface area contributed by atoms with Crippen molar-refractivity contribution in [1.29, 1.82) is 0 Å². The Morgan fingerprint density at radius 3 is 2.69 bits per heavy atom. The van der Waals surface area contributed by atoms with Crippen LogP contribution in [0.2, 0.25) is 0 Å². The van der Waals surface area contributed by atoms with Gasteiger partial charge in [-0.05, 0) is 68.4 Å². The highest BCUT2D eigenvalue weighted by molar-refractivity contribution is 7.80. The van der Waals surface area contributed by atoms with Gasteiger partial charge in [0.25, 0.3) is 0 Å². The molecule has 0 fully saturated rings. The molecule has 0 aliphatic rings. The van der Waals surface area contributed by atoms with E-state index in [0.29, 0.717) is 5.11 Å². The standard InChI is InChI=1S/C21H23N3OS/c1-13-7-8-16(14(2)12-13)15(3)23-21(26)24-18-9-10-19(25-4)20-17(18)6-5-11-22-20/h5-12,15H,1-4H3,(H2,23,24,26)/t15-/m1/s1. The number of rotatable bonds is 4. The SMILES string of the molecule is COc1ccc(NC(=S)N[C@H](C)c2ccc(C)cc2C)c2cccnc12. The number of benzene rings is 2. The Kier molecular flexibility index (Phi) is 5.38. The lowest BCUT2D eigenvalue weighted by atomic mass is 10.0. The van der Waals surface area contributed by atoms with E-state index in [1.165, 1.54) is 16.7 Å². The molecule has 1 atom stereocenters. The van der Waals surface area contributed by atoms with Crippen molar-refractivity contribution in [3.8, 4) is 5.75 Å². The van der Waals surface area contributed by atoms with Gasteiger partial charge in [0.05, 0.1) is 13.2 Å². The van der Waals surface area contributed by atoms with Gasteiger partial charge < -0.3 is 15.4 Å². The molecule has 0 spiro atoms. The minimum Gasteiger partial charge on any atom is -0.494 e. The monoisotopic (exact) mass is 365 g/mol. The molecule has 5 heteroatoms. The summed E-state index contributed by atoms with van der Waals surface area (Å²) in [5, 5.41) is 8.20. The number of hydrogen-bond acceptors (Lipinski definition) is 3. The lowest BCUT2D eigenvalue weighted by Crippen LogP contribution is -2.31. The number of aromatic nitrogens is 1. The summed E-state index contributed by atoms with van der Waals surface area (Å²) in [4.78, 5) is 4.42. The van der Waals surface area contributed by atoms with Gasteiger partial charge >= 0.3 is 0 Å². The first kappa shape index (κ1) is 18.1. The van der Waals surface area contributed by atoms with Gasteiger partial charge in [-0.1, -0.05) is 23.8 Å². The van der Waals surface area contributed by atoms with Crippen LogP contribution in [0.15, 0.2) is 48.7 Å². The number of hydrogen-bond donors (Lipinski definition) is 2. The van der Waals surface area contributed by atoms with Gasteiger partial charge in [-0.3, -0.25) is 4.98 Å². The van der Waals surface area contributed by atoms with E-state index in [1.807, 2.05) is 24.3 Å². The second kappa shape index (κ2) is 7.70. The molecule has 2 N–H and O–H groups in total. The zero-order valence-electron chi connectivity index (χ0n) is 15.5. The van der Waals surface area contributed by atoms with Gasteiger partial charge in [0.2, 0.25) is 0 Å². The first-order valence-electron chi connectivity index (χ1n) is 8.56. The zero-order chi connectivity index (χ0) is 18.7. The molecule has 0 bridgehead atoms. The van der Waals surface area contributed by atoms with Crippen LogP contribution < -0.4 is 15.4 Å². The van der Waals surface area contributed by atoms with Crippen molar-refractivity contribution in [1.82, 2.24) is 10.3 Å². The van der Waals surface area contributed by atoms with E-state index in [-0.39, 0.29) is 6.04 Å². The molecule has 2 aromatic carbocycles. The maximum Gasteiger partial charge on any atom is 0.171 e. The fourth-order valence-electron chi connectivity index (χ4n) is 3.16. The molecule has 0 amide bonds. The van der Waals surface area contributed by atoms with Gasteiger partial charge in [0.15, 0.2) is 5.11 Å². The molecule has 134 valence electrons. The third-order valence-corrected chi connectivity index (χ3v) is 4.66. The Labute approximate surface area is 159 Å². The smallest absolute Gasteiger partial charge is 0.171 e. The van der Waals surface area contributed by atoms with Crippen LogP contribution in [0.1, 0.15) is 29.7 Å². The first-order chi connectivity index (χ1) is 12.5. The van der Waals surface area contributed by atoms with E-state index >= 15 is 0 Å². The number of ether oxygens (including phenoxy) is 1. The molecule has 3 aromatic rings. The Hall–Kier alpha value is -2.66. The average Bonchev–Trinajstić information content (AvgIpc) is 2.61. The van der Waals surface area contributed by atoms with Crippen molar-refractivity contribution in [3.63, 3.8) is 0 Å². The molecule has 4 nitrogen and oxygen atoms in total. The third-order valence-electron chi connectivity index (χ3n) is 4.44. The molecule has 0 unspecified atom stereocenters. The number of nitrogens with zero attached hydrogens (tertiary/aromatic N) is 1. The van der Waals surface area contributed by atoms with Crippen LogP contribution in [-0.2, 0) is 0 Å². The highest BCUT2D eigenvalue weighted by atomic mass is 32.1. The van der Waals surface area contributed by atoms with E-state index in [1.54, 1.807) is 13.3 Å². The highest BCUT2D eigenvalue weighted by Gasteiger charge is 2.12. The number of nitrogens with one attached hydrogen (secondary N) is 2. The zero-order valence-corrected chi connectivity index (χ0v) is 16.3. The molecule has 0 saturated heterocycles. The molecular formula is C21H23N3OS. The number of anilines is 1. The minimum absolute atomic E-state index is 0.109. The highest BCUT2D eigenvalue weighted by Crippen LogP contribution is 2.29. The molecule has 0 aliphatic heterocycles. The molecule has 1 heterocycles. The molecule has 0 aliphatic carbocycles. The van der Waals surface area contributed by atoms with Gasteiger partial charge in [-0.2, -0.15) is 0 Å². The maximum absolute atomic E-state index is 5.53. The second-order valence-corrected chi connectivity index (χ2v) is 6.80. The molecule has 0 radical (unpaired) electrons. The first-order valence-corrected chi connectivity index (χ1v) is 8.97. The van der Waals surface area contributed by atoms with Crippen LogP contribution in [0, 0.1) is 13.8 Å². The van der Waals surface area contributed by atoms with Crippen molar-refractivity contribution in [2.75, 3.05) is 12.4 Å². The van der Waals surface area contributed by atoms with Gasteiger partial charge in [-0.25, -0.2) is 0 Å². The summed E-state index contributed by atoms with van der Waals surface area (Å²) in [6, 6.07) is 14.3. The Morgan fingerprint density at radius 1 is 1.15 bits per heavy atom. The summed E-state index contributed by atoms with van der Waals surface area (Å²) >= 11 is 5.53. The predicted octanol–water partition coefficient (Wildman–Crippen LogP) is 4.91. The maximum atomic E-state index is 5.53. The van der Waals surface area contributed by atoms with Crippen LogP contribution in [0.4, 0.5) is 5.69 Å². The van der Waals surface area contributed by atoms with Crippen LogP contribution in [0.3, 0.4) is 0 Å². The van der Waals surface area contributed by atoms with E-state index in [4.69, 9.17) is 17.0 Å². The molecular weight excluding hydrogens is 342 g/mol. The third kappa shape index (κ3) is 3.78. The number of thiocarbonyl (C=S) groups is 1. The summed E-state index contributed by atoms with van der Waals surface area (Å²) in [5.74, 6) is 0.744. The quantitative estimate of drug-likeness (QED) is 0.644. The van der Waals surface area contributed by atoms with Crippen LogP contribution in [0.25, 0.3) is 10.9 Å². The second-order valence-electron chi connectivity index (χ2n) is 6.40. The van der Waals surface area contributed by atoms with Crippen LogP contribution >= 0.6 is 12.2 Å². The van der Waals surface area contributed by atoms with Crippen LogP contribution in [-0.4, -0.2) is 17.2 Å². The summed E-state index contributed by atoms with van der Waals surface area (Å²) in [6.07, 6.45) is 1.76. The topological polar surface area (TPSA) is 46.2 Å². The number of aryl methyl sites for hydroxylation is 2. The van der Waals surface area contributed by atoms with Crippen molar-refractivity contribution >= 4 is 33.9 Å². The fourth-order valence-corrected chi connectivity index (χ4v) is 3.45. The summed E-state index contributed by atoms with van der Waals surface area (Å²) in [7, 11) is 1.65. The average molecular weight is 366 g/mol. The van der Waals surface area contributed by atoms with Gasteiger partial charge in [-0.15, -0.1) is 0 Å². The predicted molar refractivity (Wildman–Crippen MR) is 112 cm³/mol. The summed E-state index contributed by atoms with van der Waals surface area (Å²) < 4.78 is 5.39. The molecule has 26 heavy (non-hydrogen) atoms. The minimum atomic E-state index is 0.109. The summed E-state index contributed by atoms with van der Waals surface area (Å²) in [5.41, 5.74) is 5.47. The van der Waals surface area contributed by atoms with E-state index in [9.17, 15) is 0 Å². The van der Waals surface area contributed by atoms with Crippen molar-refractivity contribution in [2.24, 2.45) is 0 Å². The van der Waals surface area contributed by atoms with Gasteiger partial charge in [0.1, 0.15) is 11.3 Å². The fraction of sp³-hybridized carbons (Fsp3) is 0.238. The number of methoxy groups -OCH3 is 1. The molecule has 0 saturated carbocycles. The summed E-state index contributed by atoms with van der Waals surface area (Å²) in [6.45, 7) is 6.34. The Morgan fingerprint density at radius 2 is 1.96 bits per heavy atom. The largest absolute Gasteiger partial charge is 0.494 e. The van der Waals surface area contributed by atoms with Gasteiger partial charge in [0, 0.05) is 17.3 Å². The lowest BCUT2D eigenvalue weighted by Gasteiger charge is -2.20. The molecule has 3 rings (SSSR count). The van der Waals surface area contributed by atoms with E-state index in [2.05, 4.69) is 54.6 Å². The van der Waals surface area contributed by atoms with Crippen molar-refractivity contribution < 1.29 is 4.74 Å². The van der Waals surface area contributed by atoms with E-state index < -0.39 is 0 Å². The van der Waals surface area contributed by atoms with E-state index in [0.717, 1.165) is 22.3 Å². The number of pyridine rings is 1.